The summed E-state index contributed by atoms with van der Waals surface area (Å²) in [6, 6.07) is 6.01. The molecule has 1 aromatic rings. The van der Waals surface area contributed by atoms with Gasteiger partial charge in [0, 0.05) is 11.1 Å². The third-order valence-electron chi connectivity index (χ3n) is 4.00. The molecule has 1 atom stereocenters. The molecule has 0 spiro atoms. The second kappa shape index (κ2) is 9.14. The van der Waals surface area contributed by atoms with Crippen LogP contribution in [0, 0.1) is 12.3 Å². The molecule has 1 unspecified atom stereocenters. The van der Waals surface area contributed by atoms with Gasteiger partial charge in [-0.15, -0.1) is 0 Å². The molecule has 0 aliphatic carbocycles. The molecule has 130 valence electrons. The van der Waals surface area contributed by atoms with Crippen molar-refractivity contribution in [2.75, 3.05) is 13.2 Å². The highest BCUT2D eigenvalue weighted by molar-refractivity contribution is 6.31. The van der Waals surface area contributed by atoms with E-state index < -0.39 is 11.4 Å². The molecule has 0 bridgehead atoms. The highest BCUT2D eigenvalue weighted by atomic mass is 35.5. The average molecular weight is 342 g/mol. The Morgan fingerprint density at radius 3 is 2.74 bits per heavy atom. The van der Waals surface area contributed by atoms with Crippen LogP contribution in [-0.4, -0.2) is 30.3 Å². The molecule has 0 saturated heterocycles. The van der Waals surface area contributed by atoms with Crippen molar-refractivity contribution >= 4 is 17.6 Å². The molecule has 0 amide bonds. The van der Waals surface area contributed by atoms with Gasteiger partial charge in [0.1, 0.15) is 5.75 Å². The van der Waals surface area contributed by atoms with Crippen LogP contribution in [0.3, 0.4) is 0 Å². The smallest absolute Gasteiger partial charge is 0.309 e. The molecule has 1 aromatic carbocycles. The number of aliphatic carboxylic acids is 1. The van der Waals surface area contributed by atoms with Crippen LogP contribution in [0.25, 0.3) is 0 Å². The average Bonchev–Trinajstić information content (AvgIpc) is 2.47. The Bertz CT molecular complexity index is 517. The van der Waals surface area contributed by atoms with E-state index >= 15 is 0 Å². The number of aryl methyl sites for hydroxylation is 1. The summed E-state index contributed by atoms with van der Waals surface area (Å²) >= 11 is 5.98. The SMILES string of the molecule is Cc1cc(OCCCC(C)NCCC(C)(C)C(=O)O)ccc1Cl. The van der Waals surface area contributed by atoms with Crippen LogP contribution in [-0.2, 0) is 4.79 Å². The molecule has 0 heterocycles. The molecule has 4 nitrogen and oxygen atoms in total. The first-order chi connectivity index (χ1) is 10.7. The zero-order chi connectivity index (χ0) is 17.5. The minimum Gasteiger partial charge on any atom is -0.494 e. The van der Waals surface area contributed by atoms with E-state index in [1.165, 1.54) is 0 Å². The third-order valence-corrected chi connectivity index (χ3v) is 4.43. The van der Waals surface area contributed by atoms with Gasteiger partial charge in [0.15, 0.2) is 0 Å². The van der Waals surface area contributed by atoms with Crippen LogP contribution in [0.4, 0.5) is 0 Å². The number of hydrogen-bond acceptors (Lipinski definition) is 3. The van der Waals surface area contributed by atoms with Gasteiger partial charge in [0.25, 0.3) is 0 Å². The standard InChI is InChI=1S/C18H28ClNO3/c1-13-12-15(7-8-16(13)19)23-11-5-6-14(2)20-10-9-18(3,4)17(21)22/h7-8,12,14,20H,5-6,9-11H2,1-4H3,(H,21,22). The van der Waals surface area contributed by atoms with Gasteiger partial charge in [0.2, 0.25) is 0 Å². The lowest BCUT2D eigenvalue weighted by Crippen LogP contribution is -2.33. The number of nitrogens with one attached hydrogen (secondary N) is 1. The third kappa shape index (κ3) is 7.23. The van der Waals surface area contributed by atoms with Crippen LogP contribution in [0.15, 0.2) is 18.2 Å². The Labute approximate surface area is 144 Å². The Hall–Kier alpha value is -1.26. The number of ether oxygens (including phenoxy) is 1. The summed E-state index contributed by atoms with van der Waals surface area (Å²) in [5, 5.41) is 13.2. The van der Waals surface area contributed by atoms with E-state index in [0.717, 1.165) is 29.2 Å². The van der Waals surface area contributed by atoms with Crippen LogP contribution in [0.2, 0.25) is 5.02 Å². The van der Waals surface area contributed by atoms with Crippen molar-refractivity contribution in [3.63, 3.8) is 0 Å². The van der Waals surface area contributed by atoms with Gasteiger partial charge in [-0.1, -0.05) is 11.6 Å². The van der Waals surface area contributed by atoms with E-state index in [0.29, 0.717) is 25.6 Å². The molecule has 1 rings (SSSR count). The molecule has 5 heteroatoms. The van der Waals surface area contributed by atoms with Gasteiger partial charge in [-0.25, -0.2) is 0 Å². The molecule has 0 aromatic heterocycles. The summed E-state index contributed by atoms with van der Waals surface area (Å²) in [6.45, 7) is 8.94. The van der Waals surface area contributed by atoms with E-state index in [2.05, 4.69) is 12.2 Å². The largest absolute Gasteiger partial charge is 0.494 e. The van der Waals surface area contributed by atoms with Crippen LogP contribution >= 0.6 is 11.6 Å². The lowest BCUT2D eigenvalue weighted by Gasteiger charge is -2.21. The minimum absolute atomic E-state index is 0.343. The van der Waals surface area contributed by atoms with Crippen LogP contribution < -0.4 is 10.1 Å². The summed E-state index contributed by atoms with van der Waals surface area (Å²) in [6.07, 6.45) is 2.55. The number of halogens is 1. The number of carboxylic acids is 1. The minimum atomic E-state index is -0.751. The van der Waals surface area contributed by atoms with Crippen LogP contribution in [0.1, 0.15) is 45.6 Å². The maximum absolute atomic E-state index is 11.0. The fraction of sp³-hybridized carbons (Fsp3) is 0.611. The van der Waals surface area contributed by atoms with Crippen molar-refractivity contribution < 1.29 is 14.6 Å². The summed E-state index contributed by atoms with van der Waals surface area (Å²) < 4.78 is 5.72. The highest BCUT2D eigenvalue weighted by Crippen LogP contribution is 2.21. The molecule has 23 heavy (non-hydrogen) atoms. The van der Waals surface area contributed by atoms with Gasteiger partial charge < -0.3 is 15.2 Å². The van der Waals surface area contributed by atoms with Crippen molar-refractivity contribution in [3.8, 4) is 5.75 Å². The van der Waals surface area contributed by atoms with Gasteiger partial charge in [0.05, 0.1) is 12.0 Å². The number of carboxylic acid groups (broad SMARTS) is 1. The molecular weight excluding hydrogens is 314 g/mol. The van der Waals surface area contributed by atoms with E-state index in [4.69, 9.17) is 21.4 Å². The topological polar surface area (TPSA) is 58.6 Å². The molecular formula is C18H28ClNO3. The van der Waals surface area contributed by atoms with Crippen molar-refractivity contribution in [3.05, 3.63) is 28.8 Å². The monoisotopic (exact) mass is 341 g/mol. The Kier molecular flexibility index (Phi) is 7.86. The lowest BCUT2D eigenvalue weighted by atomic mass is 9.89. The summed E-state index contributed by atoms with van der Waals surface area (Å²) in [7, 11) is 0. The molecule has 0 fully saturated rings. The summed E-state index contributed by atoms with van der Waals surface area (Å²) in [5.74, 6) is 0.0920. The number of hydrogen-bond donors (Lipinski definition) is 2. The van der Waals surface area contributed by atoms with Gasteiger partial charge in [-0.3, -0.25) is 4.79 Å². The molecule has 0 saturated carbocycles. The molecule has 0 aliphatic rings. The zero-order valence-corrected chi connectivity index (χ0v) is 15.2. The van der Waals surface area contributed by atoms with E-state index in [1.807, 2.05) is 25.1 Å². The van der Waals surface area contributed by atoms with Crippen molar-refractivity contribution in [1.29, 1.82) is 0 Å². The molecule has 2 N–H and O–H groups in total. The maximum atomic E-state index is 11.0. The molecule has 0 aliphatic heterocycles. The molecule has 0 radical (unpaired) electrons. The van der Waals surface area contributed by atoms with Crippen molar-refractivity contribution in [2.45, 2.75) is 53.0 Å². The van der Waals surface area contributed by atoms with Gasteiger partial charge >= 0.3 is 5.97 Å². The Morgan fingerprint density at radius 2 is 2.13 bits per heavy atom. The summed E-state index contributed by atoms with van der Waals surface area (Å²) in [4.78, 5) is 11.0. The van der Waals surface area contributed by atoms with Gasteiger partial charge in [-0.05, 0) is 77.3 Å². The van der Waals surface area contributed by atoms with E-state index in [-0.39, 0.29) is 0 Å². The second-order valence-corrected chi connectivity index (χ2v) is 7.10. The Morgan fingerprint density at radius 1 is 1.43 bits per heavy atom. The second-order valence-electron chi connectivity index (χ2n) is 6.70. The fourth-order valence-corrected chi connectivity index (χ4v) is 2.24. The number of rotatable bonds is 10. The number of carbonyl (C=O) groups is 1. The summed E-state index contributed by atoms with van der Waals surface area (Å²) in [5.41, 5.74) is 0.336. The van der Waals surface area contributed by atoms with E-state index in [1.54, 1.807) is 13.8 Å². The first-order valence-corrected chi connectivity index (χ1v) is 8.46. The zero-order valence-electron chi connectivity index (χ0n) is 14.5. The predicted octanol–water partition coefficient (Wildman–Crippen LogP) is 4.29. The Balaban J connectivity index is 2.18. The van der Waals surface area contributed by atoms with E-state index in [9.17, 15) is 4.79 Å². The first-order valence-electron chi connectivity index (χ1n) is 8.08. The number of benzene rings is 1. The maximum Gasteiger partial charge on any atom is 0.309 e. The quantitative estimate of drug-likeness (QED) is 0.623. The van der Waals surface area contributed by atoms with Crippen LogP contribution in [0.5, 0.6) is 5.75 Å². The lowest BCUT2D eigenvalue weighted by molar-refractivity contribution is -0.147. The normalized spacial score (nSPS) is 12.9. The van der Waals surface area contributed by atoms with Crippen molar-refractivity contribution in [1.82, 2.24) is 5.32 Å². The predicted molar refractivity (Wildman–Crippen MR) is 94.4 cm³/mol. The van der Waals surface area contributed by atoms with Crippen molar-refractivity contribution in [2.24, 2.45) is 5.41 Å². The first kappa shape index (κ1) is 19.8. The fourth-order valence-electron chi connectivity index (χ4n) is 2.13. The van der Waals surface area contributed by atoms with Gasteiger partial charge in [-0.2, -0.15) is 0 Å². The highest BCUT2D eigenvalue weighted by Gasteiger charge is 2.26.